The SMILES string of the molecule is C=C=C[C@@H](O)/C(C)=C/CCc1ccccc1. The van der Waals surface area contributed by atoms with Gasteiger partial charge in [0.25, 0.3) is 0 Å². The van der Waals surface area contributed by atoms with E-state index in [1.54, 1.807) is 6.08 Å². The monoisotopic (exact) mass is 214 g/mol. The van der Waals surface area contributed by atoms with Crippen LogP contribution in [0.25, 0.3) is 0 Å². The van der Waals surface area contributed by atoms with Gasteiger partial charge in [-0.25, -0.2) is 0 Å². The molecule has 1 N–H and O–H groups in total. The van der Waals surface area contributed by atoms with Gasteiger partial charge in [-0.15, -0.1) is 5.73 Å². The highest BCUT2D eigenvalue weighted by atomic mass is 16.3. The third kappa shape index (κ3) is 4.31. The quantitative estimate of drug-likeness (QED) is 0.589. The molecule has 0 heterocycles. The van der Waals surface area contributed by atoms with Crippen molar-refractivity contribution < 1.29 is 5.11 Å². The molecule has 84 valence electrons. The third-order valence-electron chi connectivity index (χ3n) is 2.48. The molecular weight excluding hydrogens is 196 g/mol. The summed E-state index contributed by atoms with van der Waals surface area (Å²) in [6.07, 6.45) is 5.02. The fraction of sp³-hybridized carbons (Fsp3) is 0.267. The van der Waals surface area contributed by atoms with E-state index >= 15 is 0 Å². The van der Waals surface area contributed by atoms with Crippen molar-refractivity contribution in [3.8, 4) is 0 Å². The molecule has 0 aliphatic heterocycles. The zero-order valence-electron chi connectivity index (χ0n) is 9.69. The highest BCUT2D eigenvalue weighted by Gasteiger charge is 2.00. The minimum Gasteiger partial charge on any atom is -0.384 e. The van der Waals surface area contributed by atoms with Crippen LogP contribution in [0, 0.1) is 0 Å². The summed E-state index contributed by atoms with van der Waals surface area (Å²) in [5, 5.41) is 9.59. The van der Waals surface area contributed by atoms with Gasteiger partial charge in [0, 0.05) is 0 Å². The number of aliphatic hydroxyl groups is 1. The first-order valence-electron chi connectivity index (χ1n) is 5.48. The Labute approximate surface area is 97.4 Å². The van der Waals surface area contributed by atoms with Crippen LogP contribution < -0.4 is 0 Å². The maximum Gasteiger partial charge on any atom is 0.100 e. The molecule has 0 amide bonds. The number of aryl methyl sites for hydroxylation is 1. The van der Waals surface area contributed by atoms with Crippen molar-refractivity contribution in [3.05, 3.63) is 65.9 Å². The predicted molar refractivity (Wildman–Crippen MR) is 68.2 cm³/mol. The normalized spacial score (nSPS) is 13.0. The van der Waals surface area contributed by atoms with Gasteiger partial charge in [-0.1, -0.05) is 43.0 Å². The molecule has 1 aromatic rings. The minimum atomic E-state index is -0.548. The number of allylic oxidation sites excluding steroid dienone is 1. The van der Waals surface area contributed by atoms with Crippen molar-refractivity contribution in [3.63, 3.8) is 0 Å². The first kappa shape index (κ1) is 12.5. The van der Waals surface area contributed by atoms with Crippen LogP contribution in [0.3, 0.4) is 0 Å². The Balaban J connectivity index is 2.45. The zero-order valence-corrected chi connectivity index (χ0v) is 9.69. The Bertz CT molecular complexity index is 383. The molecule has 0 aliphatic carbocycles. The lowest BCUT2D eigenvalue weighted by Gasteiger charge is -2.04. The second-order valence-corrected chi connectivity index (χ2v) is 3.79. The van der Waals surface area contributed by atoms with Crippen LogP contribution in [-0.2, 0) is 6.42 Å². The maximum absolute atomic E-state index is 9.59. The summed E-state index contributed by atoms with van der Waals surface area (Å²) in [7, 11) is 0. The average molecular weight is 214 g/mol. The molecule has 0 aromatic heterocycles. The van der Waals surface area contributed by atoms with Gasteiger partial charge in [0.15, 0.2) is 0 Å². The maximum atomic E-state index is 9.59. The van der Waals surface area contributed by atoms with Gasteiger partial charge in [0.1, 0.15) is 6.10 Å². The lowest BCUT2D eigenvalue weighted by atomic mass is 10.1. The zero-order chi connectivity index (χ0) is 11.8. The van der Waals surface area contributed by atoms with Crippen LogP contribution in [0.1, 0.15) is 18.9 Å². The summed E-state index contributed by atoms with van der Waals surface area (Å²) in [4.78, 5) is 0. The Morgan fingerprint density at radius 3 is 2.75 bits per heavy atom. The molecule has 0 unspecified atom stereocenters. The molecule has 16 heavy (non-hydrogen) atoms. The van der Waals surface area contributed by atoms with E-state index in [1.165, 1.54) is 5.56 Å². The highest BCUT2D eigenvalue weighted by Crippen LogP contribution is 2.07. The minimum absolute atomic E-state index is 0.548. The molecule has 1 atom stereocenters. The largest absolute Gasteiger partial charge is 0.384 e. The Morgan fingerprint density at radius 1 is 1.44 bits per heavy atom. The Morgan fingerprint density at radius 2 is 2.12 bits per heavy atom. The summed E-state index contributed by atoms with van der Waals surface area (Å²) >= 11 is 0. The van der Waals surface area contributed by atoms with Crippen molar-refractivity contribution in [1.29, 1.82) is 0 Å². The van der Waals surface area contributed by atoms with Gasteiger partial charge in [-0.3, -0.25) is 0 Å². The summed E-state index contributed by atoms with van der Waals surface area (Å²) in [6, 6.07) is 10.3. The fourth-order valence-electron chi connectivity index (χ4n) is 1.48. The summed E-state index contributed by atoms with van der Waals surface area (Å²) in [5.74, 6) is 0. The van der Waals surface area contributed by atoms with Crippen LogP contribution in [0.5, 0.6) is 0 Å². The topological polar surface area (TPSA) is 20.2 Å². The molecule has 0 spiro atoms. The van der Waals surface area contributed by atoms with Crippen molar-refractivity contribution in [1.82, 2.24) is 0 Å². The molecule has 0 saturated heterocycles. The number of aliphatic hydroxyl groups excluding tert-OH is 1. The van der Waals surface area contributed by atoms with Gasteiger partial charge < -0.3 is 5.11 Å². The van der Waals surface area contributed by atoms with E-state index in [9.17, 15) is 5.11 Å². The molecule has 1 heteroatoms. The number of rotatable bonds is 5. The first-order chi connectivity index (χ1) is 7.74. The van der Waals surface area contributed by atoms with Crippen LogP contribution in [-0.4, -0.2) is 11.2 Å². The molecule has 1 nitrogen and oxygen atoms in total. The molecule has 0 radical (unpaired) electrons. The highest BCUT2D eigenvalue weighted by molar-refractivity contribution is 5.17. The first-order valence-corrected chi connectivity index (χ1v) is 5.48. The fourth-order valence-corrected chi connectivity index (χ4v) is 1.48. The molecule has 1 aromatic carbocycles. The summed E-state index contributed by atoms with van der Waals surface area (Å²) in [5.41, 5.74) is 4.86. The molecule has 0 fully saturated rings. The van der Waals surface area contributed by atoms with Crippen LogP contribution in [0.4, 0.5) is 0 Å². The van der Waals surface area contributed by atoms with Crippen LogP contribution >= 0.6 is 0 Å². The van der Waals surface area contributed by atoms with E-state index in [1.807, 2.05) is 25.1 Å². The van der Waals surface area contributed by atoms with Crippen LogP contribution in [0.15, 0.2) is 60.4 Å². The van der Waals surface area contributed by atoms with E-state index in [4.69, 9.17) is 0 Å². The number of benzene rings is 1. The third-order valence-corrected chi connectivity index (χ3v) is 2.48. The summed E-state index contributed by atoms with van der Waals surface area (Å²) < 4.78 is 0. The molecule has 1 rings (SSSR count). The molecular formula is C15H18O. The number of hydrogen-bond acceptors (Lipinski definition) is 1. The van der Waals surface area contributed by atoms with Gasteiger partial charge in [0.2, 0.25) is 0 Å². The molecule has 0 aliphatic rings. The smallest absolute Gasteiger partial charge is 0.100 e. The van der Waals surface area contributed by atoms with Crippen molar-refractivity contribution in [2.45, 2.75) is 25.9 Å². The molecule has 0 bridgehead atoms. The predicted octanol–water partition coefficient (Wildman–Crippen LogP) is 3.27. The molecule has 0 saturated carbocycles. The average Bonchev–Trinajstić information content (AvgIpc) is 2.30. The van der Waals surface area contributed by atoms with E-state index in [0.717, 1.165) is 18.4 Å². The van der Waals surface area contributed by atoms with E-state index in [2.05, 4.69) is 30.5 Å². The second kappa shape index (κ2) is 6.84. The lowest BCUT2D eigenvalue weighted by Crippen LogP contribution is -2.03. The van der Waals surface area contributed by atoms with Crippen LogP contribution in [0.2, 0.25) is 0 Å². The van der Waals surface area contributed by atoms with E-state index in [0.29, 0.717) is 0 Å². The second-order valence-electron chi connectivity index (χ2n) is 3.79. The number of hydrogen-bond donors (Lipinski definition) is 1. The van der Waals surface area contributed by atoms with Crippen molar-refractivity contribution >= 4 is 0 Å². The van der Waals surface area contributed by atoms with Crippen molar-refractivity contribution in [2.24, 2.45) is 0 Å². The summed E-state index contributed by atoms with van der Waals surface area (Å²) in [6.45, 7) is 5.36. The van der Waals surface area contributed by atoms with Crippen molar-refractivity contribution in [2.75, 3.05) is 0 Å². The van der Waals surface area contributed by atoms with E-state index < -0.39 is 6.10 Å². The van der Waals surface area contributed by atoms with Gasteiger partial charge in [-0.2, -0.15) is 0 Å². The standard InChI is InChI=1S/C15H18O/c1-3-8-15(16)13(2)9-7-12-14-10-5-4-6-11-14/h4-6,8-11,15-16H,1,7,12H2,2H3/b13-9+/t15-/m1/s1. The van der Waals surface area contributed by atoms with E-state index in [-0.39, 0.29) is 0 Å². The van der Waals surface area contributed by atoms with Gasteiger partial charge in [-0.05, 0) is 37.0 Å². The Kier molecular flexibility index (Phi) is 5.35. The lowest BCUT2D eigenvalue weighted by molar-refractivity contribution is 0.259. The van der Waals surface area contributed by atoms with Gasteiger partial charge >= 0.3 is 0 Å². The van der Waals surface area contributed by atoms with Gasteiger partial charge in [0.05, 0.1) is 0 Å². The Hall–Kier alpha value is -1.56.